The van der Waals surface area contributed by atoms with E-state index in [0.29, 0.717) is 22.1 Å². The lowest BCUT2D eigenvalue weighted by molar-refractivity contribution is 1.15. The largest absolute Gasteiger partial charge is 0.268 e. The molecule has 13 aromatic rings. The van der Waals surface area contributed by atoms with E-state index in [9.17, 15) is 9.59 Å². The zero-order chi connectivity index (χ0) is 34.3. The first kappa shape index (κ1) is 27.7. The fraction of sp³-hybridized carbons (Fsp3) is 0. The van der Waals surface area contributed by atoms with Gasteiger partial charge in [0.05, 0.1) is 22.1 Å². The molecule has 0 amide bonds. The summed E-state index contributed by atoms with van der Waals surface area (Å²) in [6.07, 6.45) is 0. The van der Waals surface area contributed by atoms with Gasteiger partial charge in [-0.1, -0.05) is 92.5 Å². The van der Waals surface area contributed by atoms with Gasteiger partial charge in [0.25, 0.3) is 11.1 Å². The summed E-state index contributed by atoms with van der Waals surface area (Å²) in [5, 5.41) is 14.8. The summed E-state index contributed by atoms with van der Waals surface area (Å²) in [4.78, 5) is 39.6. The van der Waals surface area contributed by atoms with Gasteiger partial charge in [-0.25, -0.2) is 9.97 Å². The minimum atomic E-state index is -0.0977. The van der Waals surface area contributed by atoms with E-state index in [-0.39, 0.29) is 11.1 Å². The van der Waals surface area contributed by atoms with E-state index in [2.05, 4.69) is 80.4 Å². The van der Waals surface area contributed by atoms with Crippen LogP contribution in [0.5, 0.6) is 0 Å². The number of benzene rings is 9. The van der Waals surface area contributed by atoms with Crippen LogP contribution in [0.2, 0.25) is 0 Å². The van der Waals surface area contributed by atoms with Crippen molar-refractivity contribution >= 4 is 151 Å². The van der Waals surface area contributed by atoms with Gasteiger partial charge >= 0.3 is 0 Å². The third-order valence-electron chi connectivity index (χ3n) is 11.4. The fourth-order valence-electron chi connectivity index (χ4n) is 9.45. The number of aromatic nitrogens is 4. The van der Waals surface area contributed by atoms with Crippen molar-refractivity contribution in [2.75, 3.05) is 0 Å². The van der Waals surface area contributed by atoms with E-state index in [1.165, 1.54) is 0 Å². The standard InChI is InChI=1S/C44H18Br2N4O2/c45-27-17-25-35-23(43(51)49-31-11-3-7-19-5-1-9-29(33(19)31)47-41(25)49)15-13-21-38-28(46)18-26-36-24(16-14-22(40(36)38)37(27)39(21)35)44(52)50-32-12-4-8-20-6-2-10-30(34(20)32)48-42(26)50/h1-18H. The maximum absolute atomic E-state index is 14.6. The lowest BCUT2D eigenvalue weighted by atomic mass is 9.86. The van der Waals surface area contributed by atoms with Crippen molar-refractivity contribution in [2.45, 2.75) is 0 Å². The molecule has 0 saturated carbocycles. The van der Waals surface area contributed by atoms with Crippen LogP contribution in [0.3, 0.4) is 0 Å². The van der Waals surface area contributed by atoms with Crippen molar-refractivity contribution in [2.24, 2.45) is 0 Å². The summed E-state index contributed by atoms with van der Waals surface area (Å²) in [7, 11) is 0. The highest BCUT2D eigenvalue weighted by Gasteiger charge is 2.26. The molecule has 6 nitrogen and oxygen atoms in total. The van der Waals surface area contributed by atoms with Gasteiger partial charge < -0.3 is 0 Å². The molecule has 0 atom stereocenters. The van der Waals surface area contributed by atoms with E-state index in [1.807, 2.05) is 60.7 Å². The van der Waals surface area contributed by atoms with Crippen LogP contribution in [0, 0.1) is 0 Å². The Morgan fingerprint density at radius 1 is 0.404 bits per heavy atom. The number of pyridine rings is 2. The molecule has 13 rings (SSSR count). The maximum Gasteiger partial charge on any atom is 0.264 e. The average molecular weight is 794 g/mol. The van der Waals surface area contributed by atoms with Crippen LogP contribution in [-0.4, -0.2) is 18.8 Å². The second-order valence-electron chi connectivity index (χ2n) is 13.8. The number of nitrogens with zero attached hydrogens (tertiary/aromatic N) is 4. The first-order valence-corrected chi connectivity index (χ1v) is 18.6. The van der Waals surface area contributed by atoms with Gasteiger partial charge in [0.1, 0.15) is 11.3 Å². The molecule has 0 aliphatic carbocycles. The van der Waals surface area contributed by atoms with Gasteiger partial charge in [0.2, 0.25) is 0 Å². The minimum Gasteiger partial charge on any atom is -0.268 e. The van der Waals surface area contributed by atoms with E-state index < -0.39 is 0 Å². The summed E-state index contributed by atoms with van der Waals surface area (Å²) in [6, 6.07) is 36.6. The van der Waals surface area contributed by atoms with Crippen LogP contribution in [-0.2, 0) is 0 Å². The van der Waals surface area contributed by atoms with Crippen molar-refractivity contribution < 1.29 is 0 Å². The van der Waals surface area contributed by atoms with Gasteiger partial charge in [0, 0.05) is 73.6 Å². The van der Waals surface area contributed by atoms with E-state index >= 15 is 0 Å². The second kappa shape index (κ2) is 9.09. The molecule has 0 fully saturated rings. The van der Waals surface area contributed by atoms with Gasteiger partial charge in [-0.3, -0.25) is 18.4 Å². The van der Waals surface area contributed by atoms with Crippen LogP contribution in [0.25, 0.3) is 120 Å². The molecule has 4 aromatic heterocycles. The summed E-state index contributed by atoms with van der Waals surface area (Å²) >= 11 is 8.03. The summed E-state index contributed by atoms with van der Waals surface area (Å²) in [5.41, 5.74) is 4.44. The van der Waals surface area contributed by atoms with Crippen LogP contribution in [0.15, 0.2) is 128 Å². The van der Waals surface area contributed by atoms with Crippen LogP contribution in [0.4, 0.5) is 0 Å². The first-order chi connectivity index (χ1) is 25.5. The number of hydrogen-bond acceptors (Lipinski definition) is 4. The van der Waals surface area contributed by atoms with Gasteiger partial charge in [-0.05, 0) is 70.1 Å². The Kier molecular flexibility index (Phi) is 4.85. The predicted molar refractivity (Wildman–Crippen MR) is 220 cm³/mol. The van der Waals surface area contributed by atoms with Crippen LogP contribution in [0.1, 0.15) is 0 Å². The third-order valence-corrected chi connectivity index (χ3v) is 12.7. The molecule has 0 aliphatic heterocycles. The SMILES string of the molecule is O=c1c2ccc3c4c(Br)cc5c6c(ccc(c7c(Br)cc(c2c37)c2nc3cccc7cccc(c73)n12)c46)c(=O)n1c2cccc3cccc(nc51)c32. The van der Waals surface area contributed by atoms with Crippen LogP contribution >= 0.6 is 31.9 Å². The molecule has 240 valence electrons. The normalized spacial score (nSPS) is 13.0. The Labute approximate surface area is 307 Å². The monoisotopic (exact) mass is 792 g/mol. The predicted octanol–water partition coefficient (Wildman–Crippen LogP) is 11.1. The third kappa shape index (κ3) is 3.03. The lowest BCUT2D eigenvalue weighted by Gasteiger charge is -2.21. The maximum atomic E-state index is 14.6. The van der Waals surface area contributed by atoms with Crippen molar-refractivity contribution in [3.63, 3.8) is 0 Å². The number of rotatable bonds is 0. The number of fused-ring (bicyclic) bond motifs is 8. The van der Waals surface area contributed by atoms with Crippen molar-refractivity contribution in [1.82, 2.24) is 18.8 Å². The van der Waals surface area contributed by atoms with Gasteiger partial charge in [-0.2, -0.15) is 0 Å². The fourth-order valence-corrected chi connectivity index (χ4v) is 10.7. The highest BCUT2D eigenvalue weighted by molar-refractivity contribution is 9.11. The zero-order valence-corrected chi connectivity index (χ0v) is 29.9. The highest BCUT2D eigenvalue weighted by atomic mass is 79.9. The van der Waals surface area contributed by atoms with Crippen molar-refractivity contribution in [3.8, 4) is 0 Å². The van der Waals surface area contributed by atoms with E-state index in [4.69, 9.17) is 9.97 Å². The molecular weight excluding hydrogens is 776 g/mol. The van der Waals surface area contributed by atoms with Crippen molar-refractivity contribution in [1.29, 1.82) is 0 Å². The Hall–Kier alpha value is -5.96. The minimum absolute atomic E-state index is 0.0977. The molecule has 0 bridgehead atoms. The molecule has 0 spiro atoms. The average Bonchev–Trinajstić information content (AvgIpc) is 3.16. The van der Waals surface area contributed by atoms with Gasteiger partial charge in [0.15, 0.2) is 0 Å². The highest BCUT2D eigenvalue weighted by Crippen LogP contribution is 2.50. The summed E-state index contributed by atoms with van der Waals surface area (Å²) < 4.78 is 5.34. The smallest absolute Gasteiger partial charge is 0.264 e. The Morgan fingerprint density at radius 2 is 0.808 bits per heavy atom. The Morgan fingerprint density at radius 3 is 1.25 bits per heavy atom. The van der Waals surface area contributed by atoms with E-state index in [1.54, 1.807) is 8.80 Å². The topological polar surface area (TPSA) is 68.7 Å². The molecule has 0 N–H and O–H groups in total. The zero-order valence-electron chi connectivity index (χ0n) is 26.8. The lowest BCUT2D eigenvalue weighted by Crippen LogP contribution is -2.17. The van der Waals surface area contributed by atoms with Crippen LogP contribution < -0.4 is 11.1 Å². The second-order valence-corrected chi connectivity index (χ2v) is 15.5. The molecule has 0 unspecified atom stereocenters. The summed E-state index contributed by atoms with van der Waals surface area (Å²) in [5.74, 6) is 0. The van der Waals surface area contributed by atoms with Gasteiger partial charge in [-0.15, -0.1) is 0 Å². The van der Waals surface area contributed by atoms with E-state index in [0.717, 1.165) is 106 Å². The number of hydrogen-bond donors (Lipinski definition) is 0. The molecule has 52 heavy (non-hydrogen) atoms. The molecule has 9 aromatic carbocycles. The quantitative estimate of drug-likeness (QED) is 0.113. The molecule has 8 heteroatoms. The first-order valence-electron chi connectivity index (χ1n) is 17.0. The molecule has 4 heterocycles. The molecule has 0 radical (unpaired) electrons. The molecule has 0 saturated heterocycles. The number of halogens is 2. The van der Waals surface area contributed by atoms with Crippen molar-refractivity contribution in [3.05, 3.63) is 139 Å². The summed E-state index contributed by atoms with van der Waals surface area (Å²) in [6.45, 7) is 0. The Balaban J connectivity index is 1.28. The molecule has 0 aliphatic rings. The Bertz CT molecular complexity index is 3680. The molecular formula is C44H18Br2N4O2.